The van der Waals surface area contributed by atoms with Crippen molar-refractivity contribution in [3.63, 3.8) is 0 Å². The number of amides is 4. The first-order valence-electron chi connectivity index (χ1n) is 5.12. The summed E-state index contributed by atoms with van der Waals surface area (Å²) < 4.78 is 0. The van der Waals surface area contributed by atoms with Gasteiger partial charge in [0.05, 0.1) is 12.6 Å². The molecule has 0 bridgehead atoms. The quantitative estimate of drug-likeness (QED) is 0.455. The maximum atomic E-state index is 11.2. The zero-order valence-electron chi connectivity index (χ0n) is 9.08. The normalized spacial score (nSPS) is 16.3. The highest BCUT2D eigenvalue weighted by molar-refractivity contribution is 5.96. The van der Waals surface area contributed by atoms with Crippen LogP contribution >= 0.6 is 0 Å². The average molecular weight is 228 g/mol. The molecule has 1 saturated carbocycles. The van der Waals surface area contributed by atoms with Crippen LogP contribution < -0.4 is 21.7 Å². The summed E-state index contributed by atoms with van der Waals surface area (Å²) in [5, 5.41) is 7.38. The summed E-state index contributed by atoms with van der Waals surface area (Å²) in [5.41, 5.74) is 4.78. The van der Waals surface area contributed by atoms with Gasteiger partial charge < -0.3 is 11.1 Å². The monoisotopic (exact) mass is 228 g/mol. The van der Waals surface area contributed by atoms with Gasteiger partial charge in [0.1, 0.15) is 0 Å². The Hall–Kier alpha value is -1.63. The van der Waals surface area contributed by atoms with Gasteiger partial charge in [-0.15, -0.1) is 0 Å². The van der Waals surface area contributed by atoms with E-state index in [0.717, 1.165) is 12.8 Å². The number of hydrogen-bond donors (Lipinski definition) is 4. The zero-order chi connectivity index (χ0) is 12.1. The second-order valence-corrected chi connectivity index (χ2v) is 3.80. The minimum absolute atomic E-state index is 0.0455. The summed E-state index contributed by atoms with van der Waals surface area (Å²) in [6, 6.07) is -1.25. The van der Waals surface area contributed by atoms with Gasteiger partial charge in [0.15, 0.2) is 0 Å². The van der Waals surface area contributed by atoms with Crippen LogP contribution in [0, 0.1) is 0 Å². The average Bonchev–Trinajstić information content (AvgIpc) is 2.96. The van der Waals surface area contributed by atoms with Crippen molar-refractivity contribution in [3.05, 3.63) is 0 Å². The van der Waals surface area contributed by atoms with E-state index in [4.69, 9.17) is 5.73 Å². The molecule has 7 heteroatoms. The Morgan fingerprint density at radius 2 is 2.00 bits per heavy atom. The van der Waals surface area contributed by atoms with Crippen LogP contribution in [0.3, 0.4) is 0 Å². The van der Waals surface area contributed by atoms with Crippen molar-refractivity contribution in [2.45, 2.75) is 31.8 Å². The Kier molecular flexibility index (Phi) is 4.24. The molecule has 7 nitrogen and oxygen atoms in total. The molecule has 0 aromatic heterocycles. The molecule has 0 aromatic rings. The van der Waals surface area contributed by atoms with Gasteiger partial charge in [0.25, 0.3) is 0 Å². The van der Waals surface area contributed by atoms with E-state index < -0.39 is 18.0 Å². The number of imide groups is 1. The molecule has 1 atom stereocenters. The lowest BCUT2D eigenvalue weighted by Crippen LogP contribution is -2.49. The third kappa shape index (κ3) is 4.74. The second-order valence-electron chi connectivity index (χ2n) is 3.80. The third-order valence-corrected chi connectivity index (χ3v) is 2.15. The smallest absolute Gasteiger partial charge is 0.318 e. The summed E-state index contributed by atoms with van der Waals surface area (Å²) in [5.74, 6) is -0.701. The van der Waals surface area contributed by atoms with E-state index >= 15 is 0 Å². The molecule has 5 N–H and O–H groups in total. The van der Waals surface area contributed by atoms with Crippen molar-refractivity contribution >= 4 is 17.8 Å². The van der Waals surface area contributed by atoms with E-state index in [0.29, 0.717) is 6.04 Å². The largest absolute Gasteiger partial charge is 0.352 e. The summed E-state index contributed by atoms with van der Waals surface area (Å²) >= 11 is 0. The zero-order valence-corrected chi connectivity index (χ0v) is 9.08. The van der Waals surface area contributed by atoms with Crippen LogP contribution in [0.5, 0.6) is 0 Å². The highest BCUT2D eigenvalue weighted by atomic mass is 16.2. The molecule has 0 spiro atoms. The van der Waals surface area contributed by atoms with Crippen LogP contribution in [0.25, 0.3) is 0 Å². The van der Waals surface area contributed by atoms with Gasteiger partial charge in [-0.25, -0.2) is 4.79 Å². The first-order chi connectivity index (χ1) is 7.49. The van der Waals surface area contributed by atoms with Gasteiger partial charge in [-0.2, -0.15) is 0 Å². The Morgan fingerprint density at radius 3 is 2.50 bits per heavy atom. The summed E-state index contributed by atoms with van der Waals surface area (Å²) in [4.78, 5) is 32.8. The highest BCUT2D eigenvalue weighted by Crippen LogP contribution is 2.18. The lowest BCUT2D eigenvalue weighted by atomic mass is 10.3. The van der Waals surface area contributed by atoms with E-state index in [1.165, 1.54) is 0 Å². The Bertz CT molecular complexity index is 301. The topological polar surface area (TPSA) is 113 Å². The number of rotatable bonds is 5. The number of carbonyl (C=O) groups excluding carboxylic acids is 3. The van der Waals surface area contributed by atoms with Gasteiger partial charge in [-0.1, -0.05) is 0 Å². The van der Waals surface area contributed by atoms with E-state index in [9.17, 15) is 14.4 Å². The molecule has 1 fully saturated rings. The summed E-state index contributed by atoms with van der Waals surface area (Å²) in [6.07, 6.45) is 2.03. The van der Waals surface area contributed by atoms with Gasteiger partial charge in [-0.3, -0.25) is 20.2 Å². The molecule has 0 saturated heterocycles. The molecule has 90 valence electrons. The van der Waals surface area contributed by atoms with Gasteiger partial charge in [0, 0.05) is 6.04 Å². The minimum Gasteiger partial charge on any atom is -0.352 e. The molecule has 1 rings (SSSR count). The van der Waals surface area contributed by atoms with Crippen molar-refractivity contribution in [1.29, 1.82) is 0 Å². The molecule has 0 aliphatic heterocycles. The molecule has 0 heterocycles. The maximum Gasteiger partial charge on any atom is 0.318 e. The van der Waals surface area contributed by atoms with E-state index in [-0.39, 0.29) is 12.5 Å². The number of nitrogens with two attached hydrogens (primary N) is 1. The fourth-order valence-corrected chi connectivity index (χ4v) is 1.07. The van der Waals surface area contributed by atoms with Gasteiger partial charge >= 0.3 is 6.03 Å². The predicted octanol–water partition coefficient (Wildman–Crippen LogP) is -1.56. The van der Waals surface area contributed by atoms with Crippen LogP contribution in [-0.2, 0) is 9.59 Å². The highest BCUT2D eigenvalue weighted by Gasteiger charge is 2.23. The molecule has 0 aromatic carbocycles. The van der Waals surface area contributed by atoms with Crippen molar-refractivity contribution in [1.82, 2.24) is 16.0 Å². The van der Waals surface area contributed by atoms with E-state index in [1.807, 2.05) is 5.32 Å². The third-order valence-electron chi connectivity index (χ3n) is 2.15. The number of carbonyl (C=O) groups is 3. The second kappa shape index (κ2) is 5.45. The van der Waals surface area contributed by atoms with Crippen molar-refractivity contribution in [2.24, 2.45) is 5.73 Å². The predicted molar refractivity (Wildman–Crippen MR) is 56.4 cm³/mol. The SMILES string of the molecule is CC(NCC(=O)NC1CC1)C(=O)NC(N)=O. The van der Waals surface area contributed by atoms with E-state index in [2.05, 4.69) is 10.6 Å². The first-order valence-corrected chi connectivity index (χ1v) is 5.12. The van der Waals surface area contributed by atoms with Gasteiger partial charge in [0.2, 0.25) is 11.8 Å². The molecule has 16 heavy (non-hydrogen) atoms. The Balaban J connectivity index is 2.17. The maximum absolute atomic E-state index is 11.2. The van der Waals surface area contributed by atoms with E-state index in [1.54, 1.807) is 6.92 Å². The van der Waals surface area contributed by atoms with Crippen LogP contribution in [0.2, 0.25) is 0 Å². The summed E-state index contributed by atoms with van der Waals surface area (Å²) in [6.45, 7) is 1.59. The van der Waals surface area contributed by atoms with Crippen molar-refractivity contribution in [2.75, 3.05) is 6.54 Å². The Morgan fingerprint density at radius 1 is 1.38 bits per heavy atom. The fourth-order valence-electron chi connectivity index (χ4n) is 1.07. The molecule has 0 radical (unpaired) electrons. The minimum atomic E-state index is -0.902. The number of primary amides is 1. The van der Waals surface area contributed by atoms with Crippen LogP contribution in [0.15, 0.2) is 0 Å². The van der Waals surface area contributed by atoms with Gasteiger partial charge in [-0.05, 0) is 19.8 Å². The van der Waals surface area contributed by atoms with Crippen molar-refractivity contribution < 1.29 is 14.4 Å². The van der Waals surface area contributed by atoms with Crippen LogP contribution in [0.1, 0.15) is 19.8 Å². The molecular formula is C9H16N4O3. The number of nitrogens with one attached hydrogen (secondary N) is 3. The molecule has 4 amide bonds. The lowest BCUT2D eigenvalue weighted by molar-refractivity contribution is -0.122. The van der Waals surface area contributed by atoms with Crippen LogP contribution in [-0.4, -0.2) is 36.5 Å². The fraction of sp³-hybridized carbons (Fsp3) is 0.667. The van der Waals surface area contributed by atoms with Crippen molar-refractivity contribution in [3.8, 4) is 0 Å². The molecule has 1 unspecified atom stereocenters. The number of urea groups is 1. The standard InChI is InChI=1S/C9H16N4O3/c1-5(8(15)13-9(10)16)11-4-7(14)12-6-2-3-6/h5-6,11H,2-4H2,1H3,(H,12,14)(H3,10,13,15,16). The Labute approximate surface area is 93.1 Å². The first kappa shape index (κ1) is 12.4. The molecule has 1 aliphatic carbocycles. The molecular weight excluding hydrogens is 212 g/mol. The lowest BCUT2D eigenvalue weighted by Gasteiger charge is -2.12. The summed E-state index contributed by atoms with van der Waals surface area (Å²) in [7, 11) is 0. The number of hydrogen-bond acceptors (Lipinski definition) is 4. The van der Waals surface area contributed by atoms with Crippen LogP contribution in [0.4, 0.5) is 4.79 Å². The molecule has 1 aliphatic rings.